The van der Waals surface area contributed by atoms with Crippen LogP contribution in [-0.4, -0.2) is 31.8 Å². The monoisotopic (exact) mass is 494 g/mol. The Morgan fingerprint density at radius 1 is 1.07 bits per heavy atom. The molecule has 0 aliphatic carbocycles. The van der Waals surface area contributed by atoms with Gasteiger partial charge in [0.05, 0.1) is 13.7 Å². The lowest BCUT2D eigenvalue weighted by molar-refractivity contribution is 0.100. The van der Waals surface area contributed by atoms with Gasteiger partial charge in [0.1, 0.15) is 11.6 Å². The van der Waals surface area contributed by atoms with Gasteiger partial charge in [-0.1, -0.05) is 34.5 Å². The van der Waals surface area contributed by atoms with Crippen molar-refractivity contribution >= 4 is 50.2 Å². The molecule has 1 heterocycles. The van der Waals surface area contributed by atoms with E-state index in [0.717, 1.165) is 47.6 Å². The van der Waals surface area contributed by atoms with E-state index in [2.05, 4.69) is 20.8 Å². The highest BCUT2D eigenvalue weighted by Crippen LogP contribution is 2.23. The quantitative estimate of drug-likeness (QED) is 0.500. The van der Waals surface area contributed by atoms with Gasteiger partial charge in [0.2, 0.25) is 0 Å². The van der Waals surface area contributed by atoms with Gasteiger partial charge in [0, 0.05) is 28.7 Å². The Morgan fingerprint density at radius 2 is 1.78 bits per heavy atom. The zero-order chi connectivity index (χ0) is 18.4. The fourth-order valence-corrected chi connectivity index (χ4v) is 3.31. The van der Waals surface area contributed by atoms with Crippen molar-refractivity contribution < 1.29 is 9.53 Å². The number of ketones is 1. The normalized spacial score (nSPS) is 13.8. The van der Waals surface area contributed by atoms with Gasteiger partial charge in [-0.2, -0.15) is 0 Å². The highest BCUT2D eigenvalue weighted by Gasteiger charge is 2.19. The Morgan fingerprint density at radius 3 is 2.44 bits per heavy atom. The first kappa shape index (κ1) is 21.6. The fourth-order valence-electron chi connectivity index (χ4n) is 3.04. The summed E-state index contributed by atoms with van der Waals surface area (Å²) in [6, 6.07) is 15.3. The summed E-state index contributed by atoms with van der Waals surface area (Å²) >= 11 is 3.41. The molecule has 1 aliphatic rings. The standard InChI is InChI=1S/C21H23BrN2O2.BrH/c1-26-19-12-10-18(11-13-19)24(21-5-3-2-4-14-23-21)15-20(25)16-6-8-17(22)9-7-16;/h6-13H,2-5,14-15H2,1H3;1H. The van der Waals surface area contributed by atoms with E-state index >= 15 is 0 Å². The number of amidine groups is 1. The summed E-state index contributed by atoms with van der Waals surface area (Å²) in [4.78, 5) is 19.7. The molecule has 0 N–H and O–H groups in total. The molecule has 1 aliphatic heterocycles. The third-order valence-electron chi connectivity index (χ3n) is 4.52. The Balaban J connectivity index is 0.00000261. The van der Waals surface area contributed by atoms with Crippen LogP contribution in [0.2, 0.25) is 0 Å². The van der Waals surface area contributed by atoms with Gasteiger partial charge in [0.15, 0.2) is 5.78 Å². The molecule has 3 rings (SSSR count). The molecule has 0 bridgehead atoms. The molecule has 0 radical (unpaired) electrons. The number of halogens is 2. The highest BCUT2D eigenvalue weighted by atomic mass is 79.9. The molecule has 0 unspecified atom stereocenters. The molecule has 0 saturated carbocycles. The summed E-state index contributed by atoms with van der Waals surface area (Å²) < 4.78 is 6.22. The average Bonchev–Trinajstić information content (AvgIpc) is 2.96. The molecule has 0 atom stereocenters. The smallest absolute Gasteiger partial charge is 0.182 e. The molecule has 6 heteroatoms. The van der Waals surface area contributed by atoms with Gasteiger partial charge in [0.25, 0.3) is 0 Å². The number of hydrogen-bond acceptors (Lipinski definition) is 4. The number of benzene rings is 2. The maximum absolute atomic E-state index is 12.9. The first-order valence-corrected chi connectivity index (χ1v) is 9.70. The molecule has 2 aromatic carbocycles. The van der Waals surface area contributed by atoms with Crippen molar-refractivity contribution in [3.05, 3.63) is 58.6 Å². The van der Waals surface area contributed by atoms with Crippen LogP contribution in [0, 0.1) is 0 Å². The predicted octanol–water partition coefficient (Wildman–Crippen LogP) is 5.70. The Labute approximate surface area is 179 Å². The predicted molar refractivity (Wildman–Crippen MR) is 120 cm³/mol. The number of Topliss-reactive ketones (excluding diaryl/α,β-unsaturated/α-hetero) is 1. The third-order valence-corrected chi connectivity index (χ3v) is 5.05. The van der Waals surface area contributed by atoms with Gasteiger partial charge >= 0.3 is 0 Å². The van der Waals surface area contributed by atoms with Gasteiger partial charge < -0.3 is 9.64 Å². The van der Waals surface area contributed by atoms with Gasteiger partial charge in [-0.15, -0.1) is 17.0 Å². The van der Waals surface area contributed by atoms with E-state index in [1.54, 1.807) is 7.11 Å². The largest absolute Gasteiger partial charge is 0.497 e. The number of carbonyl (C=O) groups excluding carboxylic acids is 1. The SMILES string of the molecule is Br.COc1ccc(N(CC(=O)c2ccc(Br)cc2)C2=NCCCCC2)cc1. The number of hydrogen-bond donors (Lipinski definition) is 0. The van der Waals surface area contributed by atoms with Crippen LogP contribution in [0.3, 0.4) is 0 Å². The molecular weight excluding hydrogens is 472 g/mol. The maximum atomic E-state index is 12.9. The summed E-state index contributed by atoms with van der Waals surface area (Å²) in [6.07, 6.45) is 4.31. The minimum absolute atomic E-state index is 0. The Hall–Kier alpha value is -1.66. The molecule has 0 aromatic heterocycles. The van der Waals surface area contributed by atoms with Crippen LogP contribution in [0.4, 0.5) is 5.69 Å². The second-order valence-electron chi connectivity index (χ2n) is 6.32. The topological polar surface area (TPSA) is 41.9 Å². The molecule has 2 aromatic rings. The van der Waals surface area contributed by atoms with Gasteiger partial charge in [-0.25, -0.2) is 0 Å². The number of rotatable bonds is 5. The van der Waals surface area contributed by atoms with Gasteiger partial charge in [-0.05, 0) is 49.2 Å². The minimum atomic E-state index is 0. The second kappa shape index (κ2) is 10.6. The van der Waals surface area contributed by atoms with Crippen LogP contribution in [0.1, 0.15) is 36.0 Å². The van der Waals surface area contributed by atoms with Crippen molar-refractivity contribution in [1.29, 1.82) is 0 Å². The average molecular weight is 496 g/mol. The lowest BCUT2D eigenvalue weighted by Gasteiger charge is -2.26. The van der Waals surface area contributed by atoms with Crippen LogP contribution in [0.25, 0.3) is 0 Å². The lowest BCUT2D eigenvalue weighted by atomic mass is 10.1. The van der Waals surface area contributed by atoms with E-state index in [0.29, 0.717) is 5.56 Å². The summed E-state index contributed by atoms with van der Waals surface area (Å²) in [5.74, 6) is 1.88. The van der Waals surface area contributed by atoms with Crippen LogP contribution >= 0.6 is 32.9 Å². The van der Waals surface area contributed by atoms with E-state index in [1.807, 2.05) is 48.5 Å². The van der Waals surface area contributed by atoms with E-state index in [1.165, 1.54) is 6.42 Å². The molecule has 27 heavy (non-hydrogen) atoms. The van der Waals surface area contributed by atoms with Crippen molar-refractivity contribution in [1.82, 2.24) is 0 Å². The van der Waals surface area contributed by atoms with E-state index in [9.17, 15) is 4.79 Å². The van der Waals surface area contributed by atoms with Crippen molar-refractivity contribution in [2.75, 3.05) is 25.1 Å². The molecule has 0 amide bonds. The van der Waals surface area contributed by atoms with Gasteiger partial charge in [-0.3, -0.25) is 9.79 Å². The minimum Gasteiger partial charge on any atom is -0.497 e. The summed E-state index contributed by atoms with van der Waals surface area (Å²) in [6.45, 7) is 1.11. The number of carbonyl (C=O) groups is 1. The maximum Gasteiger partial charge on any atom is 0.182 e. The van der Waals surface area contributed by atoms with E-state index in [-0.39, 0.29) is 29.3 Å². The molecule has 144 valence electrons. The van der Waals surface area contributed by atoms with E-state index < -0.39 is 0 Å². The number of ether oxygens (including phenoxy) is 1. The zero-order valence-electron chi connectivity index (χ0n) is 15.4. The Kier molecular flexibility index (Phi) is 8.51. The first-order valence-electron chi connectivity index (χ1n) is 8.91. The molecular formula is C21H24Br2N2O2. The second-order valence-corrected chi connectivity index (χ2v) is 7.24. The number of nitrogens with zero attached hydrogens (tertiary/aromatic N) is 2. The summed E-state index contributed by atoms with van der Waals surface area (Å²) in [5, 5.41) is 0. The van der Waals surface area contributed by atoms with Crippen LogP contribution in [0.15, 0.2) is 58.0 Å². The molecule has 4 nitrogen and oxygen atoms in total. The molecule has 0 fully saturated rings. The Bertz CT molecular complexity index is 774. The lowest BCUT2D eigenvalue weighted by Crippen LogP contribution is -2.36. The first-order chi connectivity index (χ1) is 12.7. The number of anilines is 1. The summed E-state index contributed by atoms with van der Waals surface area (Å²) in [5.41, 5.74) is 1.68. The number of aliphatic imine (C=N–C) groups is 1. The van der Waals surface area contributed by atoms with Crippen LogP contribution in [-0.2, 0) is 0 Å². The van der Waals surface area contributed by atoms with Crippen molar-refractivity contribution in [3.8, 4) is 5.75 Å². The molecule has 0 spiro atoms. The summed E-state index contributed by atoms with van der Waals surface area (Å²) in [7, 11) is 1.65. The fraction of sp³-hybridized carbons (Fsp3) is 0.333. The van der Waals surface area contributed by atoms with Crippen LogP contribution in [0.5, 0.6) is 5.75 Å². The van der Waals surface area contributed by atoms with Crippen molar-refractivity contribution in [3.63, 3.8) is 0 Å². The highest BCUT2D eigenvalue weighted by molar-refractivity contribution is 9.10. The van der Waals surface area contributed by atoms with E-state index in [4.69, 9.17) is 9.73 Å². The van der Waals surface area contributed by atoms with Crippen molar-refractivity contribution in [2.45, 2.75) is 25.7 Å². The van der Waals surface area contributed by atoms with Crippen molar-refractivity contribution in [2.24, 2.45) is 4.99 Å². The van der Waals surface area contributed by atoms with Crippen LogP contribution < -0.4 is 9.64 Å². The number of methoxy groups -OCH3 is 1. The zero-order valence-corrected chi connectivity index (χ0v) is 18.7. The molecule has 0 saturated heterocycles. The third kappa shape index (κ3) is 5.91.